The van der Waals surface area contributed by atoms with Gasteiger partial charge in [0, 0.05) is 37.7 Å². The Balaban J connectivity index is 1.73. The molecule has 0 saturated carbocycles. The molecule has 1 fully saturated rings. The van der Waals surface area contributed by atoms with E-state index in [1.165, 1.54) is 12.1 Å². The van der Waals surface area contributed by atoms with Gasteiger partial charge in [0.25, 0.3) is 0 Å². The van der Waals surface area contributed by atoms with Crippen LogP contribution in [0.25, 0.3) is 0 Å². The number of carbonyl (C=O) groups is 1. The molecule has 0 radical (unpaired) electrons. The number of nitrogens with zero attached hydrogens (tertiary/aromatic N) is 2. The van der Waals surface area contributed by atoms with Gasteiger partial charge in [-0.25, -0.2) is 4.39 Å². The fraction of sp³-hybridized carbons (Fsp3) is 0.529. The Morgan fingerprint density at radius 2 is 2.16 bits per heavy atom. The molecule has 0 aromatic heterocycles. The number of guanidine groups is 1. The summed E-state index contributed by atoms with van der Waals surface area (Å²) in [4.78, 5) is 17.3. The van der Waals surface area contributed by atoms with Crippen molar-refractivity contribution in [2.24, 2.45) is 10.7 Å². The molecule has 1 saturated heterocycles. The van der Waals surface area contributed by atoms with Crippen molar-refractivity contribution < 1.29 is 9.18 Å². The molecular formula is C17H25ClFN5O. The van der Waals surface area contributed by atoms with E-state index in [9.17, 15) is 9.18 Å². The first-order valence-electron chi connectivity index (χ1n) is 8.39. The van der Waals surface area contributed by atoms with Gasteiger partial charge < -0.3 is 16.4 Å². The predicted octanol–water partition coefficient (Wildman–Crippen LogP) is 1.14. The standard InChI is InChI=1S/C17H25ClFN5O/c1-21-17(22-7-4-12-2-3-13(19)10-15(12)18)23-14-5-8-24(9-6-14)11-16(20)25/h2-3,10,14H,4-9,11H2,1H3,(H2,20,25)(H2,21,22,23). The molecule has 138 valence electrons. The molecule has 0 spiro atoms. The van der Waals surface area contributed by atoms with E-state index in [-0.39, 0.29) is 11.7 Å². The van der Waals surface area contributed by atoms with Crippen molar-refractivity contribution in [3.05, 3.63) is 34.6 Å². The number of nitrogens with one attached hydrogen (secondary N) is 2. The van der Waals surface area contributed by atoms with E-state index in [0.717, 1.165) is 37.5 Å². The van der Waals surface area contributed by atoms with E-state index in [1.807, 2.05) is 0 Å². The van der Waals surface area contributed by atoms with Crippen molar-refractivity contribution in [1.82, 2.24) is 15.5 Å². The van der Waals surface area contributed by atoms with Crippen LogP contribution in [0.15, 0.2) is 23.2 Å². The molecule has 1 aliphatic heterocycles. The minimum atomic E-state index is -0.332. The van der Waals surface area contributed by atoms with Crippen molar-refractivity contribution in [1.29, 1.82) is 0 Å². The Labute approximate surface area is 152 Å². The van der Waals surface area contributed by atoms with Crippen LogP contribution < -0.4 is 16.4 Å². The molecule has 0 aliphatic carbocycles. The molecule has 0 bridgehead atoms. The van der Waals surface area contributed by atoms with Crippen LogP contribution in [0.2, 0.25) is 5.02 Å². The van der Waals surface area contributed by atoms with E-state index in [1.54, 1.807) is 13.1 Å². The summed E-state index contributed by atoms with van der Waals surface area (Å²) in [5.74, 6) is 0.108. The fourth-order valence-corrected chi connectivity index (χ4v) is 3.15. The molecule has 1 aromatic carbocycles. The zero-order valence-corrected chi connectivity index (χ0v) is 15.2. The maximum absolute atomic E-state index is 13.1. The van der Waals surface area contributed by atoms with Gasteiger partial charge in [0.1, 0.15) is 5.82 Å². The summed E-state index contributed by atoms with van der Waals surface area (Å²) in [7, 11) is 1.72. The maximum atomic E-state index is 13.1. The Kier molecular flexibility index (Phi) is 7.46. The van der Waals surface area contributed by atoms with Gasteiger partial charge in [-0.05, 0) is 37.0 Å². The van der Waals surface area contributed by atoms with Gasteiger partial charge in [-0.3, -0.25) is 14.7 Å². The highest BCUT2D eigenvalue weighted by atomic mass is 35.5. The molecule has 4 N–H and O–H groups in total. The predicted molar refractivity (Wildman–Crippen MR) is 98.3 cm³/mol. The first-order valence-corrected chi connectivity index (χ1v) is 8.77. The van der Waals surface area contributed by atoms with E-state index in [4.69, 9.17) is 17.3 Å². The van der Waals surface area contributed by atoms with Crippen molar-refractivity contribution in [2.45, 2.75) is 25.3 Å². The lowest BCUT2D eigenvalue weighted by Crippen LogP contribution is -2.50. The molecule has 0 unspecified atom stereocenters. The summed E-state index contributed by atoms with van der Waals surface area (Å²) in [5, 5.41) is 7.08. The maximum Gasteiger partial charge on any atom is 0.231 e. The summed E-state index contributed by atoms with van der Waals surface area (Å²) in [6, 6.07) is 4.74. The van der Waals surface area contributed by atoms with E-state index >= 15 is 0 Å². The van der Waals surface area contributed by atoms with Gasteiger partial charge in [0.05, 0.1) is 6.54 Å². The second-order valence-electron chi connectivity index (χ2n) is 6.15. The van der Waals surface area contributed by atoms with E-state index in [2.05, 4.69) is 20.5 Å². The lowest BCUT2D eigenvalue weighted by Gasteiger charge is -2.32. The second kappa shape index (κ2) is 9.58. The summed E-state index contributed by atoms with van der Waals surface area (Å²) in [6.45, 7) is 2.63. The normalized spacial score (nSPS) is 16.7. The van der Waals surface area contributed by atoms with Gasteiger partial charge in [0.2, 0.25) is 5.91 Å². The molecule has 1 heterocycles. The topological polar surface area (TPSA) is 82.8 Å². The van der Waals surface area contributed by atoms with Crippen LogP contribution in [0.5, 0.6) is 0 Å². The van der Waals surface area contributed by atoms with Crippen LogP contribution in [-0.4, -0.2) is 56.0 Å². The van der Waals surface area contributed by atoms with E-state index < -0.39 is 0 Å². The molecule has 25 heavy (non-hydrogen) atoms. The van der Waals surface area contributed by atoms with Crippen molar-refractivity contribution >= 4 is 23.5 Å². The van der Waals surface area contributed by atoms with Crippen LogP contribution in [0.3, 0.4) is 0 Å². The van der Waals surface area contributed by atoms with Crippen LogP contribution in [0.4, 0.5) is 4.39 Å². The number of halogens is 2. The van der Waals surface area contributed by atoms with Crippen molar-refractivity contribution in [3.63, 3.8) is 0 Å². The highest BCUT2D eigenvalue weighted by molar-refractivity contribution is 6.31. The van der Waals surface area contributed by atoms with E-state index in [0.29, 0.717) is 30.6 Å². The average molecular weight is 370 g/mol. The summed E-state index contributed by atoms with van der Waals surface area (Å²) < 4.78 is 13.1. The monoisotopic (exact) mass is 369 g/mol. The molecule has 8 heteroatoms. The van der Waals surface area contributed by atoms with Crippen LogP contribution in [0, 0.1) is 5.82 Å². The van der Waals surface area contributed by atoms with Gasteiger partial charge in [-0.2, -0.15) is 0 Å². The zero-order chi connectivity index (χ0) is 18.2. The third kappa shape index (κ3) is 6.51. The van der Waals surface area contributed by atoms with Crippen molar-refractivity contribution in [3.8, 4) is 0 Å². The third-order valence-electron chi connectivity index (χ3n) is 4.23. The van der Waals surface area contributed by atoms with Gasteiger partial charge in [0.15, 0.2) is 5.96 Å². The number of primary amides is 1. The quantitative estimate of drug-likeness (QED) is 0.518. The Bertz CT molecular complexity index is 617. The highest BCUT2D eigenvalue weighted by Gasteiger charge is 2.20. The van der Waals surface area contributed by atoms with Crippen molar-refractivity contribution in [2.75, 3.05) is 33.2 Å². The SMILES string of the molecule is CN=C(NCCc1ccc(F)cc1Cl)NC1CCN(CC(N)=O)CC1. The molecule has 1 amide bonds. The largest absolute Gasteiger partial charge is 0.369 e. The number of aliphatic imine (C=N–C) groups is 1. The number of hydrogen-bond acceptors (Lipinski definition) is 3. The first-order chi connectivity index (χ1) is 12.0. The smallest absolute Gasteiger partial charge is 0.231 e. The molecule has 0 atom stereocenters. The van der Waals surface area contributed by atoms with Gasteiger partial charge in [-0.15, -0.1) is 0 Å². The van der Waals surface area contributed by atoms with Gasteiger partial charge in [-0.1, -0.05) is 17.7 Å². The van der Waals surface area contributed by atoms with Gasteiger partial charge >= 0.3 is 0 Å². The number of rotatable bonds is 6. The Hall–Kier alpha value is -1.86. The first kappa shape index (κ1) is 19.5. The molecule has 2 rings (SSSR count). The molecule has 1 aliphatic rings. The Morgan fingerprint density at radius 3 is 2.76 bits per heavy atom. The lowest BCUT2D eigenvalue weighted by atomic mass is 10.1. The summed E-state index contributed by atoms with van der Waals surface area (Å²) in [5.41, 5.74) is 6.12. The zero-order valence-electron chi connectivity index (χ0n) is 14.4. The number of amides is 1. The lowest BCUT2D eigenvalue weighted by molar-refractivity contribution is -0.119. The third-order valence-corrected chi connectivity index (χ3v) is 4.59. The van der Waals surface area contributed by atoms with Crippen LogP contribution in [0.1, 0.15) is 18.4 Å². The molecular weight excluding hydrogens is 345 g/mol. The average Bonchev–Trinajstić information content (AvgIpc) is 2.57. The number of hydrogen-bond donors (Lipinski definition) is 3. The number of likely N-dealkylation sites (tertiary alicyclic amines) is 1. The minimum Gasteiger partial charge on any atom is -0.369 e. The van der Waals surface area contributed by atoms with Crippen LogP contribution >= 0.6 is 11.6 Å². The number of benzene rings is 1. The summed E-state index contributed by atoms with van der Waals surface area (Å²) in [6.07, 6.45) is 2.53. The van der Waals surface area contributed by atoms with Crippen LogP contribution in [-0.2, 0) is 11.2 Å². The Morgan fingerprint density at radius 1 is 1.44 bits per heavy atom. The molecule has 6 nitrogen and oxygen atoms in total. The minimum absolute atomic E-state index is 0.289. The second-order valence-corrected chi connectivity index (χ2v) is 6.55. The number of piperidine rings is 1. The molecule has 1 aromatic rings. The summed E-state index contributed by atoms with van der Waals surface area (Å²) >= 11 is 6.03. The number of nitrogens with two attached hydrogens (primary N) is 1. The number of carbonyl (C=O) groups excluding carboxylic acids is 1. The highest BCUT2D eigenvalue weighted by Crippen LogP contribution is 2.17. The fourth-order valence-electron chi connectivity index (χ4n) is 2.88.